The van der Waals surface area contributed by atoms with Crippen molar-refractivity contribution in [3.05, 3.63) is 77.9 Å². The third-order valence-corrected chi connectivity index (χ3v) is 10.4. The molecule has 0 saturated heterocycles. The van der Waals surface area contributed by atoms with Gasteiger partial charge in [0.1, 0.15) is 0 Å². The summed E-state index contributed by atoms with van der Waals surface area (Å²) in [6, 6.07) is 21.5. The van der Waals surface area contributed by atoms with Gasteiger partial charge in [0.2, 0.25) is 0 Å². The molecule has 1 heterocycles. The summed E-state index contributed by atoms with van der Waals surface area (Å²) >= 11 is 0. The average molecular weight is 614 g/mol. The average Bonchev–Trinajstić information content (AvgIpc) is 3.00. The topological polar surface area (TPSA) is 154 Å². The van der Waals surface area contributed by atoms with Gasteiger partial charge >= 0.3 is 0 Å². The summed E-state index contributed by atoms with van der Waals surface area (Å²) in [6.45, 7) is 0.692. The van der Waals surface area contributed by atoms with E-state index in [9.17, 15) is 10.2 Å². The maximum atomic E-state index is 12.4. The van der Waals surface area contributed by atoms with E-state index in [0.717, 1.165) is 71.3 Å². The molecule has 0 amide bonds. The number of nitrogens with two attached hydrogens (primary N) is 4. The Morgan fingerprint density at radius 3 is 1.57 bits per heavy atom. The van der Waals surface area contributed by atoms with Crippen LogP contribution in [0.5, 0.6) is 0 Å². The number of nitrogen functional groups attached to an aromatic ring is 4. The number of benzene rings is 6. The Balaban J connectivity index is 1.44. The normalized spacial score (nSPS) is 21.0. The second-order valence-electron chi connectivity index (χ2n) is 13.2. The van der Waals surface area contributed by atoms with Gasteiger partial charge in [0, 0.05) is 112 Å². The molecule has 1 fully saturated rings. The van der Waals surface area contributed by atoms with E-state index in [4.69, 9.17) is 22.9 Å². The zero-order valence-electron chi connectivity index (χ0n) is 26.4. The molecule has 0 aromatic heterocycles. The predicted octanol–water partition coefficient (Wildman–Crippen LogP) is 5.14. The molecule has 8 rings (SSSR count). The molecule has 2 unspecified atom stereocenters. The molecule has 46 heavy (non-hydrogen) atoms. The van der Waals surface area contributed by atoms with E-state index in [1.165, 1.54) is 0 Å². The molecular weight excluding hydrogens is 574 g/mol. The zero-order chi connectivity index (χ0) is 32.3. The van der Waals surface area contributed by atoms with E-state index in [1.807, 2.05) is 74.8 Å². The minimum absolute atomic E-state index is 0.565. The number of rotatable bonds is 3. The Hall–Kier alpha value is -5.12. The Labute approximate surface area is 267 Å². The van der Waals surface area contributed by atoms with Gasteiger partial charge in [-0.2, -0.15) is 0 Å². The Morgan fingerprint density at radius 1 is 0.587 bits per heavy atom. The summed E-state index contributed by atoms with van der Waals surface area (Å²) in [5, 5.41) is 31.8. The van der Waals surface area contributed by atoms with E-state index in [1.54, 1.807) is 0 Å². The molecule has 234 valence electrons. The highest BCUT2D eigenvalue weighted by Gasteiger charge is 2.53. The quantitative estimate of drug-likeness (QED) is 0.118. The van der Waals surface area contributed by atoms with Gasteiger partial charge < -0.3 is 47.8 Å². The first-order valence-electron chi connectivity index (χ1n) is 15.6. The van der Waals surface area contributed by atoms with E-state index in [-0.39, 0.29) is 0 Å². The third kappa shape index (κ3) is 3.52. The number of fused-ring (bicyclic) bond motifs is 4. The SMILES string of the molecule is CN(C)c1c2cccc(N)c2c(C2C(O)C(c3c4c(N)cccc4c4c5c(ccc(N)c35)N(C)CN4C)C2O)c2c(N)cccc12. The molecule has 2 atom stereocenters. The molecule has 6 aromatic rings. The molecule has 2 aliphatic rings. The summed E-state index contributed by atoms with van der Waals surface area (Å²) in [6.07, 6.45) is -1.96. The summed E-state index contributed by atoms with van der Waals surface area (Å²) in [4.78, 5) is 6.45. The minimum Gasteiger partial charge on any atom is -0.398 e. The highest BCUT2D eigenvalue weighted by molar-refractivity contribution is 6.24. The third-order valence-electron chi connectivity index (χ3n) is 10.4. The van der Waals surface area contributed by atoms with Gasteiger partial charge in [0.05, 0.1) is 30.3 Å². The number of aliphatic hydroxyl groups is 2. The van der Waals surface area contributed by atoms with E-state index in [2.05, 4.69) is 34.9 Å². The van der Waals surface area contributed by atoms with Crippen molar-refractivity contribution >= 4 is 82.9 Å². The molecule has 1 saturated carbocycles. The smallest absolute Gasteiger partial charge is 0.0897 e. The van der Waals surface area contributed by atoms with Crippen LogP contribution in [-0.2, 0) is 0 Å². The fraction of sp³-hybridized carbons (Fsp3) is 0.243. The Kier molecular flexibility index (Phi) is 5.97. The van der Waals surface area contributed by atoms with Crippen molar-refractivity contribution < 1.29 is 10.2 Å². The number of anilines is 7. The molecule has 0 radical (unpaired) electrons. The van der Waals surface area contributed by atoms with Crippen molar-refractivity contribution in [2.75, 3.05) is 72.5 Å². The number of hydrogen-bond acceptors (Lipinski definition) is 9. The standard InChI is InChI=1S/C37H39N7O2/c1-42(2)34-17-8-5-11-20(38)25(17)30(26-18(34)9-6-12-21(26)39)32-36(45)33(37(32)46)31-27-19(10-7-13-22(27)40)35-29-24(43(3)16-44(35)4)15-14-23(41)28(29)31/h5-15,32-33,36-37,45-46H,16,38-41H2,1-4H3. The van der Waals surface area contributed by atoms with Gasteiger partial charge in [-0.25, -0.2) is 0 Å². The van der Waals surface area contributed by atoms with Crippen LogP contribution in [0.2, 0.25) is 0 Å². The highest BCUT2D eigenvalue weighted by Crippen LogP contribution is 2.59. The molecule has 0 bridgehead atoms. The van der Waals surface area contributed by atoms with Crippen LogP contribution in [0.25, 0.3) is 43.1 Å². The van der Waals surface area contributed by atoms with Crippen molar-refractivity contribution in [1.29, 1.82) is 0 Å². The Morgan fingerprint density at radius 2 is 1.04 bits per heavy atom. The van der Waals surface area contributed by atoms with Crippen LogP contribution in [0.3, 0.4) is 0 Å². The molecule has 1 aliphatic heterocycles. The van der Waals surface area contributed by atoms with Crippen LogP contribution in [0, 0.1) is 0 Å². The summed E-state index contributed by atoms with van der Waals surface area (Å²) in [5.41, 5.74) is 33.9. The first-order valence-corrected chi connectivity index (χ1v) is 15.6. The molecule has 9 heteroatoms. The first-order chi connectivity index (χ1) is 22.0. The molecule has 1 aliphatic carbocycles. The fourth-order valence-corrected chi connectivity index (χ4v) is 8.59. The number of hydrogen-bond donors (Lipinski definition) is 6. The lowest BCUT2D eigenvalue weighted by Gasteiger charge is -2.49. The van der Waals surface area contributed by atoms with Crippen LogP contribution in [0.4, 0.5) is 39.8 Å². The van der Waals surface area contributed by atoms with E-state index in [0.29, 0.717) is 29.4 Å². The fourth-order valence-electron chi connectivity index (χ4n) is 8.59. The molecule has 6 aromatic carbocycles. The van der Waals surface area contributed by atoms with Crippen molar-refractivity contribution in [2.45, 2.75) is 24.0 Å². The van der Waals surface area contributed by atoms with Crippen molar-refractivity contribution in [2.24, 2.45) is 0 Å². The highest BCUT2D eigenvalue weighted by atomic mass is 16.3. The molecular formula is C37H39N7O2. The summed E-state index contributed by atoms with van der Waals surface area (Å²) in [5.74, 6) is -1.34. The summed E-state index contributed by atoms with van der Waals surface area (Å²) in [7, 11) is 8.11. The van der Waals surface area contributed by atoms with E-state index >= 15 is 0 Å². The lowest BCUT2D eigenvalue weighted by molar-refractivity contribution is -0.0765. The maximum Gasteiger partial charge on any atom is 0.0897 e. The minimum atomic E-state index is -0.982. The van der Waals surface area contributed by atoms with Crippen LogP contribution in [0.1, 0.15) is 23.0 Å². The summed E-state index contributed by atoms with van der Waals surface area (Å²) < 4.78 is 0. The monoisotopic (exact) mass is 613 g/mol. The van der Waals surface area contributed by atoms with Gasteiger partial charge in [-0.1, -0.05) is 36.4 Å². The van der Waals surface area contributed by atoms with Gasteiger partial charge in [-0.3, -0.25) is 0 Å². The van der Waals surface area contributed by atoms with Crippen LogP contribution >= 0.6 is 0 Å². The van der Waals surface area contributed by atoms with Gasteiger partial charge in [0.15, 0.2) is 0 Å². The largest absolute Gasteiger partial charge is 0.398 e. The van der Waals surface area contributed by atoms with Crippen LogP contribution in [0.15, 0.2) is 66.7 Å². The van der Waals surface area contributed by atoms with Gasteiger partial charge in [0.25, 0.3) is 0 Å². The van der Waals surface area contributed by atoms with Crippen molar-refractivity contribution in [1.82, 2.24) is 0 Å². The molecule has 0 spiro atoms. The lowest BCUT2D eigenvalue weighted by Crippen LogP contribution is -2.52. The number of aliphatic hydroxyl groups excluding tert-OH is 2. The lowest BCUT2D eigenvalue weighted by atomic mass is 9.60. The van der Waals surface area contributed by atoms with Gasteiger partial charge in [-0.15, -0.1) is 0 Å². The van der Waals surface area contributed by atoms with Crippen molar-refractivity contribution in [3.8, 4) is 0 Å². The second kappa shape index (κ2) is 9.69. The number of nitrogens with zero attached hydrogens (tertiary/aromatic N) is 3. The zero-order valence-corrected chi connectivity index (χ0v) is 26.4. The molecule has 9 nitrogen and oxygen atoms in total. The molecule has 10 N–H and O–H groups in total. The van der Waals surface area contributed by atoms with E-state index < -0.39 is 24.0 Å². The predicted molar refractivity (Wildman–Crippen MR) is 194 cm³/mol. The second-order valence-corrected chi connectivity index (χ2v) is 13.2. The Bertz CT molecular complexity index is 2190. The van der Waals surface area contributed by atoms with Gasteiger partial charge in [-0.05, 0) is 41.5 Å². The first kappa shape index (κ1) is 28.4. The maximum absolute atomic E-state index is 12.4. The van der Waals surface area contributed by atoms with Crippen molar-refractivity contribution in [3.63, 3.8) is 0 Å². The van der Waals surface area contributed by atoms with Crippen LogP contribution in [-0.4, -0.2) is 57.3 Å². The van der Waals surface area contributed by atoms with Crippen LogP contribution < -0.4 is 37.6 Å².